The zero-order chi connectivity index (χ0) is 29.1. The van der Waals surface area contributed by atoms with Crippen molar-refractivity contribution < 1.29 is 0 Å². The molecule has 0 radical (unpaired) electrons. The minimum atomic E-state index is -0.198. The predicted octanol–water partition coefficient (Wildman–Crippen LogP) is 7.74. The molecule has 1 aliphatic heterocycles. The molecule has 0 spiro atoms. The van der Waals surface area contributed by atoms with E-state index in [2.05, 4.69) is 93.4 Å². The molecule has 0 saturated carbocycles. The largest absolute Gasteiger partial charge is 0.342 e. The van der Waals surface area contributed by atoms with Gasteiger partial charge in [-0.15, -0.1) is 0 Å². The normalized spacial score (nSPS) is 16.1. The molecule has 1 aliphatic carbocycles. The van der Waals surface area contributed by atoms with Gasteiger partial charge in [0.1, 0.15) is 0 Å². The van der Waals surface area contributed by atoms with Crippen molar-refractivity contribution in [3.05, 3.63) is 166 Å². The van der Waals surface area contributed by atoms with E-state index in [0.29, 0.717) is 11.1 Å². The van der Waals surface area contributed by atoms with Crippen LogP contribution in [0, 0.1) is 0 Å². The second-order valence-electron chi connectivity index (χ2n) is 11.0. The summed E-state index contributed by atoms with van der Waals surface area (Å²) >= 11 is 11.6. The van der Waals surface area contributed by atoms with Crippen molar-refractivity contribution in [1.29, 1.82) is 0 Å². The summed E-state index contributed by atoms with van der Waals surface area (Å²) in [6, 6.07) is 32.9. The van der Waals surface area contributed by atoms with Crippen LogP contribution in [0.5, 0.6) is 0 Å². The Kier molecular flexibility index (Phi) is 6.59. The van der Waals surface area contributed by atoms with Crippen molar-refractivity contribution in [2.24, 2.45) is 4.99 Å². The maximum atomic E-state index is 14.3. The summed E-state index contributed by atoms with van der Waals surface area (Å²) in [6.45, 7) is 0.644. The van der Waals surface area contributed by atoms with Crippen molar-refractivity contribution in [3.63, 3.8) is 0 Å². The number of aryl methyl sites for hydroxylation is 1. The summed E-state index contributed by atoms with van der Waals surface area (Å²) in [5.74, 6) is 0. The third-order valence-electron chi connectivity index (χ3n) is 8.46. The van der Waals surface area contributed by atoms with Crippen LogP contribution < -0.4 is 14.9 Å². The van der Waals surface area contributed by atoms with E-state index in [1.165, 1.54) is 28.0 Å². The summed E-state index contributed by atoms with van der Waals surface area (Å²) in [7, 11) is 0. The molecule has 0 unspecified atom stereocenters. The predicted molar refractivity (Wildman–Crippen MR) is 179 cm³/mol. The van der Waals surface area contributed by atoms with E-state index < -0.39 is 0 Å². The average Bonchev–Trinajstić information content (AvgIpc) is 3.54. The van der Waals surface area contributed by atoms with Crippen LogP contribution in [0.4, 0.5) is 0 Å². The summed E-state index contributed by atoms with van der Waals surface area (Å²) in [5.41, 5.74) is 8.94. The number of aromatic nitrogens is 2. The molecule has 0 bridgehead atoms. The fraction of sp³-hybridized carbons (Fsp3) is 0.111. The first-order valence-corrected chi connectivity index (χ1v) is 16.2. The monoisotopic (exact) mass is 661 g/mol. The van der Waals surface area contributed by atoms with Crippen LogP contribution in [-0.2, 0) is 13.0 Å². The van der Waals surface area contributed by atoms with Crippen LogP contribution >= 0.6 is 38.9 Å². The van der Waals surface area contributed by atoms with Crippen LogP contribution in [0.15, 0.2) is 123 Å². The van der Waals surface area contributed by atoms with E-state index in [1.54, 1.807) is 0 Å². The molecule has 8 rings (SSSR count). The fourth-order valence-electron chi connectivity index (χ4n) is 6.44. The third kappa shape index (κ3) is 4.56. The van der Waals surface area contributed by atoms with E-state index in [4.69, 9.17) is 16.6 Å². The average molecular weight is 663 g/mol. The lowest BCUT2D eigenvalue weighted by atomic mass is 9.83. The van der Waals surface area contributed by atoms with Crippen LogP contribution in [0.2, 0.25) is 5.02 Å². The van der Waals surface area contributed by atoms with Gasteiger partial charge in [-0.05, 0) is 65.4 Å². The van der Waals surface area contributed by atoms with Gasteiger partial charge in [0.25, 0.3) is 5.56 Å². The van der Waals surface area contributed by atoms with Gasteiger partial charge in [0.2, 0.25) is 0 Å². The molecule has 2 aliphatic rings. The Balaban J connectivity index is 1.32. The summed E-state index contributed by atoms with van der Waals surface area (Å²) < 4.78 is 5.81. The lowest BCUT2D eigenvalue weighted by molar-refractivity contribution is 0.585. The fourth-order valence-corrected chi connectivity index (χ4v) is 7.89. The maximum Gasteiger partial charge on any atom is 0.271 e. The van der Waals surface area contributed by atoms with Gasteiger partial charge >= 0.3 is 0 Å². The molecule has 3 heterocycles. The highest BCUT2D eigenvalue weighted by atomic mass is 79.9. The van der Waals surface area contributed by atoms with Gasteiger partial charge < -0.3 is 4.57 Å². The van der Waals surface area contributed by atoms with Crippen molar-refractivity contribution >= 4 is 61.5 Å². The highest BCUT2D eigenvalue weighted by Gasteiger charge is 2.32. The Morgan fingerprint density at radius 2 is 1.70 bits per heavy atom. The molecule has 7 heteroatoms. The third-order valence-corrected chi connectivity index (χ3v) is 10.3. The highest BCUT2D eigenvalue weighted by Crippen LogP contribution is 2.41. The van der Waals surface area contributed by atoms with Crippen molar-refractivity contribution in [1.82, 2.24) is 9.13 Å². The van der Waals surface area contributed by atoms with Crippen LogP contribution in [0.3, 0.4) is 0 Å². The lowest BCUT2D eigenvalue weighted by Gasteiger charge is -2.30. The molecular formula is C36H25BrClN3OS. The van der Waals surface area contributed by atoms with E-state index in [-0.39, 0.29) is 11.6 Å². The SMILES string of the molecule is O=c1/c(=C/c2cn(Cc3ccccc3Cl)c3ccccc23)sc2n1[C@@H](c1ccc(Br)cc1)C1=C(N=2)c2ccccc2CC1. The molecule has 2 aromatic heterocycles. The van der Waals surface area contributed by atoms with Crippen LogP contribution in [0.25, 0.3) is 22.7 Å². The summed E-state index contributed by atoms with van der Waals surface area (Å²) in [4.78, 5) is 20.2. The number of rotatable bonds is 4. The molecule has 4 nitrogen and oxygen atoms in total. The minimum absolute atomic E-state index is 0.00925. The van der Waals surface area contributed by atoms with Crippen LogP contribution in [-0.4, -0.2) is 9.13 Å². The first-order chi connectivity index (χ1) is 21.0. The number of nitrogens with zero attached hydrogens (tertiary/aromatic N) is 3. The van der Waals surface area contributed by atoms with Crippen molar-refractivity contribution in [3.8, 4) is 0 Å². The van der Waals surface area contributed by atoms with Gasteiger partial charge in [-0.3, -0.25) is 9.36 Å². The number of hydrogen-bond acceptors (Lipinski definition) is 3. The molecular weight excluding hydrogens is 638 g/mol. The Labute approximate surface area is 265 Å². The maximum absolute atomic E-state index is 14.3. The standard InChI is InChI=1S/C36H25BrClN3OS/c37-26-16-13-23(14-17-26)34-29-18-15-22-7-1-3-10-28(22)33(29)39-36-41(34)35(42)32(43-36)19-25-21-40(31-12-6-4-9-27(25)31)20-24-8-2-5-11-30(24)38/h1-14,16-17,19,21,34H,15,18,20H2/b32-19-/t34-/m0/s1. The van der Waals surface area contributed by atoms with Gasteiger partial charge in [-0.2, -0.15) is 0 Å². The van der Waals surface area contributed by atoms with E-state index in [1.807, 2.05) is 41.0 Å². The number of fused-ring (bicyclic) bond motifs is 4. The molecule has 0 fully saturated rings. The second-order valence-corrected chi connectivity index (χ2v) is 13.3. The number of hydrogen-bond donors (Lipinski definition) is 0. The Morgan fingerprint density at radius 3 is 2.56 bits per heavy atom. The topological polar surface area (TPSA) is 39.3 Å². The van der Waals surface area contributed by atoms with Gasteiger partial charge in [0.05, 0.1) is 16.3 Å². The smallest absolute Gasteiger partial charge is 0.271 e. The number of para-hydroxylation sites is 1. The molecule has 4 aromatic carbocycles. The molecule has 210 valence electrons. The zero-order valence-corrected chi connectivity index (χ0v) is 26.2. The minimum Gasteiger partial charge on any atom is -0.342 e. The zero-order valence-electron chi connectivity index (χ0n) is 23.0. The van der Waals surface area contributed by atoms with Crippen molar-refractivity contribution in [2.45, 2.75) is 25.4 Å². The van der Waals surface area contributed by atoms with Gasteiger partial charge in [-0.25, -0.2) is 4.99 Å². The molecule has 0 amide bonds. The molecule has 0 N–H and O–H groups in total. The first kappa shape index (κ1) is 26.6. The lowest BCUT2D eigenvalue weighted by Crippen LogP contribution is -2.38. The Morgan fingerprint density at radius 1 is 0.930 bits per heavy atom. The van der Waals surface area contributed by atoms with E-state index >= 15 is 0 Å². The summed E-state index contributed by atoms with van der Waals surface area (Å²) in [5, 5.41) is 1.84. The van der Waals surface area contributed by atoms with Gasteiger partial charge in [-0.1, -0.05) is 112 Å². The molecule has 43 heavy (non-hydrogen) atoms. The number of benzene rings is 4. The quantitative estimate of drug-likeness (QED) is 0.190. The molecule has 6 aromatic rings. The molecule has 0 saturated heterocycles. The van der Waals surface area contributed by atoms with Crippen molar-refractivity contribution in [2.75, 3.05) is 0 Å². The van der Waals surface area contributed by atoms with Gasteiger partial charge in [0, 0.05) is 44.3 Å². The number of halogens is 2. The van der Waals surface area contributed by atoms with E-state index in [0.717, 1.165) is 60.4 Å². The first-order valence-electron chi connectivity index (χ1n) is 14.2. The highest BCUT2D eigenvalue weighted by molar-refractivity contribution is 9.10. The van der Waals surface area contributed by atoms with Gasteiger partial charge in [0.15, 0.2) is 4.80 Å². The summed E-state index contributed by atoms with van der Waals surface area (Å²) in [6.07, 6.45) is 5.97. The number of allylic oxidation sites excluding steroid dienone is 1. The molecule has 1 atom stereocenters. The Bertz CT molecular complexity index is 2280. The van der Waals surface area contributed by atoms with E-state index in [9.17, 15) is 4.79 Å². The second kappa shape index (κ2) is 10.6. The Hall–Kier alpha value is -3.97. The van der Waals surface area contributed by atoms with Crippen LogP contribution in [0.1, 0.15) is 40.3 Å². The number of thiazole rings is 1.